The van der Waals surface area contributed by atoms with Crippen LogP contribution < -0.4 is 0 Å². The Kier molecular flexibility index (Phi) is 4.52. The molecule has 74 valence electrons. The van der Waals surface area contributed by atoms with E-state index in [-0.39, 0.29) is 20.3 Å². The van der Waals surface area contributed by atoms with E-state index >= 15 is 0 Å². The lowest BCUT2D eigenvalue weighted by atomic mass is 10.3. The van der Waals surface area contributed by atoms with Crippen LogP contribution in [0.2, 0.25) is 0 Å². The fourth-order valence-electron chi connectivity index (χ4n) is 0.780. The topological polar surface area (TPSA) is 69.4 Å². The number of thioether (sulfide) groups is 1. The molecule has 0 unspecified atom stereocenters. The maximum Gasteiger partial charge on any atom is 0.328 e. The Labute approximate surface area is 85.9 Å². The van der Waals surface area contributed by atoms with Gasteiger partial charge in [-0.2, -0.15) is 0 Å². The highest BCUT2D eigenvalue weighted by atomic mass is 32.2. The Hall–Kier alpha value is -0.970. The molecule has 1 aromatic rings. The van der Waals surface area contributed by atoms with Crippen LogP contribution in [0.3, 0.4) is 0 Å². The Bertz CT molecular complexity index is 329. The van der Waals surface area contributed by atoms with Gasteiger partial charge in [0.05, 0.1) is 4.92 Å². The van der Waals surface area contributed by atoms with Crippen molar-refractivity contribution in [3.8, 4) is 0 Å². The predicted octanol–water partition coefficient (Wildman–Crippen LogP) is 2.87. The van der Waals surface area contributed by atoms with Gasteiger partial charge in [0.1, 0.15) is 5.94 Å². The van der Waals surface area contributed by atoms with Crippen molar-refractivity contribution in [1.29, 1.82) is 0 Å². The predicted molar refractivity (Wildman–Crippen MR) is 52.5 cm³/mol. The van der Waals surface area contributed by atoms with Gasteiger partial charge in [0, 0.05) is 17.0 Å². The SMILES string of the molecule is O=POCSc1ccc([N+](=O)[O-])cc1. The summed E-state index contributed by atoms with van der Waals surface area (Å²) in [5.41, 5.74) is 0.0530. The molecule has 0 spiro atoms. The molecular weight excluding hydrogens is 225 g/mol. The number of nitrogens with zero attached hydrogens (tertiary/aromatic N) is 1. The number of hydrogen-bond donors (Lipinski definition) is 0. The largest absolute Gasteiger partial charge is 0.328 e. The first-order chi connectivity index (χ1) is 6.74. The summed E-state index contributed by atoms with van der Waals surface area (Å²) in [5, 5.41) is 10.3. The van der Waals surface area contributed by atoms with Gasteiger partial charge in [0.15, 0.2) is 0 Å². The summed E-state index contributed by atoms with van der Waals surface area (Å²) in [6, 6.07) is 6.07. The maximum atomic E-state index is 10.3. The Morgan fingerprint density at radius 3 is 2.57 bits per heavy atom. The molecule has 0 aliphatic heterocycles. The minimum atomic E-state index is -0.457. The molecule has 0 radical (unpaired) electrons. The molecule has 14 heavy (non-hydrogen) atoms. The van der Waals surface area contributed by atoms with E-state index in [1.165, 1.54) is 23.9 Å². The molecule has 1 aromatic carbocycles. The van der Waals surface area contributed by atoms with Crippen molar-refractivity contribution >= 4 is 26.1 Å². The van der Waals surface area contributed by atoms with Gasteiger partial charge in [-0.1, -0.05) is 11.8 Å². The monoisotopic (exact) mass is 231 g/mol. The first kappa shape index (κ1) is 11.1. The van der Waals surface area contributed by atoms with Crippen LogP contribution in [0.15, 0.2) is 29.2 Å². The van der Waals surface area contributed by atoms with E-state index in [1.54, 1.807) is 12.1 Å². The quantitative estimate of drug-likeness (QED) is 0.194. The average Bonchev–Trinajstić information content (AvgIpc) is 2.19. The zero-order chi connectivity index (χ0) is 10.4. The first-order valence-electron chi connectivity index (χ1n) is 3.56. The van der Waals surface area contributed by atoms with Gasteiger partial charge in [0.2, 0.25) is 0 Å². The Balaban J connectivity index is 2.55. The summed E-state index contributed by atoms with van der Waals surface area (Å²) in [6.45, 7) is 0. The molecule has 0 atom stereocenters. The van der Waals surface area contributed by atoms with Gasteiger partial charge in [-0.05, 0) is 12.1 Å². The fraction of sp³-hybridized carbons (Fsp3) is 0.143. The molecule has 0 aromatic heterocycles. The summed E-state index contributed by atoms with van der Waals surface area (Å²) < 4.78 is 14.5. The number of rotatable bonds is 5. The van der Waals surface area contributed by atoms with Crippen LogP contribution in [0.1, 0.15) is 0 Å². The molecule has 0 aliphatic rings. The second kappa shape index (κ2) is 5.70. The number of non-ortho nitro benzene ring substituents is 1. The van der Waals surface area contributed by atoms with Gasteiger partial charge in [0.25, 0.3) is 5.69 Å². The van der Waals surface area contributed by atoms with E-state index in [1.807, 2.05) is 0 Å². The van der Waals surface area contributed by atoms with Gasteiger partial charge < -0.3 is 0 Å². The molecule has 0 fully saturated rings. The molecule has 0 saturated heterocycles. The summed E-state index contributed by atoms with van der Waals surface area (Å²) in [7, 11) is -0.363. The lowest BCUT2D eigenvalue weighted by Gasteiger charge is -1.97. The van der Waals surface area contributed by atoms with E-state index < -0.39 is 4.92 Å². The Morgan fingerprint density at radius 1 is 1.43 bits per heavy atom. The third kappa shape index (κ3) is 3.41. The minimum Gasteiger partial charge on any atom is -0.283 e. The van der Waals surface area contributed by atoms with E-state index in [0.717, 1.165) is 4.90 Å². The van der Waals surface area contributed by atoms with E-state index in [2.05, 4.69) is 4.52 Å². The molecule has 0 N–H and O–H groups in total. The fourth-order valence-corrected chi connectivity index (χ4v) is 1.63. The van der Waals surface area contributed by atoms with Gasteiger partial charge >= 0.3 is 8.69 Å². The molecular formula is C7H6NO4PS. The van der Waals surface area contributed by atoms with E-state index in [0.29, 0.717) is 0 Å². The van der Waals surface area contributed by atoms with Crippen molar-refractivity contribution in [3.63, 3.8) is 0 Å². The number of nitro benzene ring substituents is 1. The van der Waals surface area contributed by atoms with Crippen LogP contribution in [-0.2, 0) is 9.09 Å². The number of hydrogen-bond acceptors (Lipinski definition) is 5. The molecule has 0 amide bonds. The van der Waals surface area contributed by atoms with Crippen molar-refractivity contribution < 1.29 is 14.0 Å². The summed E-state index contributed by atoms with van der Waals surface area (Å²) in [5.74, 6) is 0.253. The highest BCUT2D eigenvalue weighted by molar-refractivity contribution is 7.99. The van der Waals surface area contributed by atoms with Crippen LogP contribution >= 0.6 is 20.4 Å². The zero-order valence-electron chi connectivity index (χ0n) is 6.95. The molecule has 0 bridgehead atoms. The van der Waals surface area contributed by atoms with Crippen LogP contribution in [0.4, 0.5) is 5.69 Å². The summed E-state index contributed by atoms with van der Waals surface area (Å²) in [4.78, 5) is 10.7. The van der Waals surface area contributed by atoms with E-state index in [4.69, 9.17) is 0 Å². The molecule has 0 saturated carbocycles. The van der Waals surface area contributed by atoms with Crippen LogP contribution in [0.25, 0.3) is 0 Å². The van der Waals surface area contributed by atoms with Crippen LogP contribution in [-0.4, -0.2) is 10.9 Å². The second-order valence-corrected chi connectivity index (χ2v) is 3.62. The number of nitro groups is 1. The minimum absolute atomic E-state index is 0.0530. The van der Waals surface area contributed by atoms with Crippen molar-refractivity contribution in [2.75, 3.05) is 5.94 Å². The summed E-state index contributed by atoms with van der Waals surface area (Å²) >= 11 is 1.31. The highest BCUT2D eigenvalue weighted by Crippen LogP contribution is 2.22. The van der Waals surface area contributed by atoms with Gasteiger partial charge in [-0.25, -0.2) is 4.57 Å². The smallest absolute Gasteiger partial charge is 0.283 e. The maximum absolute atomic E-state index is 10.3. The van der Waals surface area contributed by atoms with E-state index in [9.17, 15) is 14.7 Å². The molecule has 0 heterocycles. The molecule has 0 aliphatic carbocycles. The van der Waals surface area contributed by atoms with Crippen LogP contribution in [0, 0.1) is 10.1 Å². The normalized spacial score (nSPS) is 10.3. The highest BCUT2D eigenvalue weighted by Gasteiger charge is 2.03. The lowest BCUT2D eigenvalue weighted by Crippen LogP contribution is -1.86. The standard InChI is InChI=1S/C7H6NO4PS/c9-8(10)6-1-3-7(4-2-6)14-5-12-13-11/h1-4H,5H2. The molecule has 1 rings (SSSR count). The van der Waals surface area contributed by atoms with Crippen molar-refractivity contribution in [2.24, 2.45) is 0 Å². The molecule has 5 nitrogen and oxygen atoms in total. The third-order valence-electron chi connectivity index (χ3n) is 1.38. The van der Waals surface area contributed by atoms with Gasteiger partial charge in [-0.15, -0.1) is 0 Å². The summed E-state index contributed by atoms with van der Waals surface area (Å²) in [6.07, 6.45) is 0. The third-order valence-corrected chi connectivity index (χ3v) is 2.63. The zero-order valence-corrected chi connectivity index (χ0v) is 8.66. The Morgan fingerprint density at radius 2 is 2.07 bits per heavy atom. The van der Waals surface area contributed by atoms with Crippen LogP contribution in [0.5, 0.6) is 0 Å². The van der Waals surface area contributed by atoms with Crippen molar-refractivity contribution in [3.05, 3.63) is 34.4 Å². The lowest BCUT2D eigenvalue weighted by molar-refractivity contribution is -0.384. The van der Waals surface area contributed by atoms with Crippen molar-refractivity contribution in [2.45, 2.75) is 4.90 Å². The molecule has 7 heteroatoms. The first-order valence-corrected chi connectivity index (χ1v) is 5.27. The second-order valence-electron chi connectivity index (χ2n) is 2.22. The van der Waals surface area contributed by atoms with Gasteiger partial charge in [-0.3, -0.25) is 14.6 Å². The number of benzene rings is 1. The van der Waals surface area contributed by atoms with Crippen molar-refractivity contribution in [1.82, 2.24) is 0 Å². The average molecular weight is 231 g/mol.